The van der Waals surface area contributed by atoms with Crippen molar-refractivity contribution in [3.63, 3.8) is 0 Å². The summed E-state index contributed by atoms with van der Waals surface area (Å²) in [5.74, 6) is 0.104. The SMILES string of the molecule is CCCCC/C(Sc1ccccc1)=C(/F)CCCC. The summed E-state index contributed by atoms with van der Waals surface area (Å²) < 4.78 is 14.2. The molecule has 0 N–H and O–H groups in total. The average Bonchev–Trinajstić information content (AvgIpc) is 2.45. The van der Waals surface area contributed by atoms with Gasteiger partial charge in [0.25, 0.3) is 0 Å². The molecule has 0 aliphatic heterocycles. The Hall–Kier alpha value is -0.760. The van der Waals surface area contributed by atoms with Gasteiger partial charge in [0.15, 0.2) is 0 Å². The molecule has 0 heterocycles. The average molecular weight is 280 g/mol. The zero-order valence-corrected chi connectivity index (χ0v) is 12.9. The van der Waals surface area contributed by atoms with E-state index in [0.29, 0.717) is 6.42 Å². The predicted octanol–water partition coefficient (Wildman–Crippen LogP) is 6.73. The third-order valence-corrected chi connectivity index (χ3v) is 4.22. The number of hydrogen-bond acceptors (Lipinski definition) is 1. The molecular weight excluding hydrogens is 255 g/mol. The summed E-state index contributed by atoms with van der Waals surface area (Å²) in [6, 6.07) is 10.1. The minimum Gasteiger partial charge on any atom is -0.211 e. The van der Waals surface area contributed by atoms with Crippen LogP contribution in [0.5, 0.6) is 0 Å². The Morgan fingerprint density at radius 2 is 1.63 bits per heavy atom. The van der Waals surface area contributed by atoms with Crippen LogP contribution < -0.4 is 0 Å². The van der Waals surface area contributed by atoms with E-state index in [1.807, 2.05) is 18.2 Å². The van der Waals surface area contributed by atoms with E-state index in [2.05, 4.69) is 26.0 Å². The number of benzene rings is 1. The van der Waals surface area contributed by atoms with Crippen molar-refractivity contribution in [3.05, 3.63) is 41.1 Å². The molecule has 0 fully saturated rings. The van der Waals surface area contributed by atoms with Crippen LogP contribution in [0.1, 0.15) is 58.8 Å². The summed E-state index contributed by atoms with van der Waals surface area (Å²) in [5.41, 5.74) is 0. The number of rotatable bonds is 9. The lowest BCUT2D eigenvalue weighted by Crippen LogP contribution is -1.87. The summed E-state index contributed by atoms with van der Waals surface area (Å²) >= 11 is 1.60. The van der Waals surface area contributed by atoms with Crippen LogP contribution in [-0.4, -0.2) is 0 Å². The third-order valence-electron chi connectivity index (χ3n) is 3.04. The second-order valence-corrected chi connectivity index (χ2v) is 5.97. The Labute approximate surface area is 121 Å². The van der Waals surface area contributed by atoms with E-state index >= 15 is 0 Å². The molecule has 2 heteroatoms. The van der Waals surface area contributed by atoms with Gasteiger partial charge in [0, 0.05) is 9.80 Å². The maximum atomic E-state index is 14.2. The molecule has 0 amide bonds. The molecule has 0 aromatic heterocycles. The summed E-state index contributed by atoms with van der Waals surface area (Å²) in [5, 5.41) is 0. The first-order valence-electron chi connectivity index (χ1n) is 7.38. The van der Waals surface area contributed by atoms with E-state index in [0.717, 1.165) is 35.5 Å². The Balaban J connectivity index is 2.68. The van der Waals surface area contributed by atoms with Crippen molar-refractivity contribution in [2.75, 3.05) is 0 Å². The van der Waals surface area contributed by atoms with Gasteiger partial charge in [0.05, 0.1) is 0 Å². The lowest BCUT2D eigenvalue weighted by atomic mass is 10.1. The van der Waals surface area contributed by atoms with Gasteiger partial charge in [-0.15, -0.1) is 0 Å². The highest BCUT2D eigenvalue weighted by molar-refractivity contribution is 8.03. The Morgan fingerprint density at radius 1 is 0.947 bits per heavy atom. The first-order valence-corrected chi connectivity index (χ1v) is 8.20. The molecule has 1 rings (SSSR count). The summed E-state index contributed by atoms with van der Waals surface area (Å²) in [6.45, 7) is 4.29. The Kier molecular flexibility index (Phi) is 8.64. The highest BCUT2D eigenvalue weighted by Gasteiger charge is 2.08. The molecule has 0 radical (unpaired) electrons. The second-order valence-electron chi connectivity index (χ2n) is 4.80. The summed E-state index contributed by atoms with van der Waals surface area (Å²) in [7, 11) is 0. The van der Waals surface area contributed by atoms with Gasteiger partial charge in [-0.1, -0.05) is 63.1 Å². The maximum Gasteiger partial charge on any atom is 0.110 e. The van der Waals surface area contributed by atoms with Crippen LogP contribution in [0.3, 0.4) is 0 Å². The van der Waals surface area contributed by atoms with Crippen LogP contribution in [0, 0.1) is 0 Å². The highest BCUT2D eigenvalue weighted by atomic mass is 32.2. The van der Waals surface area contributed by atoms with Gasteiger partial charge in [-0.25, -0.2) is 4.39 Å². The van der Waals surface area contributed by atoms with Gasteiger partial charge in [0.1, 0.15) is 5.83 Å². The van der Waals surface area contributed by atoms with Crippen LogP contribution in [0.25, 0.3) is 0 Å². The number of hydrogen-bond donors (Lipinski definition) is 0. The number of halogens is 1. The fourth-order valence-corrected chi connectivity index (χ4v) is 2.92. The normalized spacial score (nSPS) is 12.4. The van der Waals surface area contributed by atoms with Crippen LogP contribution in [-0.2, 0) is 0 Å². The first-order chi connectivity index (χ1) is 9.27. The fourth-order valence-electron chi connectivity index (χ4n) is 1.88. The largest absolute Gasteiger partial charge is 0.211 e. The minimum atomic E-state index is 0.104. The zero-order valence-electron chi connectivity index (χ0n) is 12.1. The molecule has 1 aromatic rings. The van der Waals surface area contributed by atoms with Crippen molar-refractivity contribution in [2.24, 2.45) is 0 Å². The van der Waals surface area contributed by atoms with E-state index in [4.69, 9.17) is 0 Å². The molecule has 0 saturated carbocycles. The highest BCUT2D eigenvalue weighted by Crippen LogP contribution is 2.34. The molecular formula is C17H25FS. The quantitative estimate of drug-likeness (QED) is 0.357. The van der Waals surface area contributed by atoms with Gasteiger partial charge in [0.2, 0.25) is 0 Å². The molecule has 0 aliphatic rings. The van der Waals surface area contributed by atoms with Crippen molar-refractivity contribution in [2.45, 2.75) is 63.7 Å². The molecule has 0 bridgehead atoms. The van der Waals surface area contributed by atoms with E-state index in [-0.39, 0.29) is 5.83 Å². The van der Waals surface area contributed by atoms with Crippen molar-refractivity contribution in [1.29, 1.82) is 0 Å². The molecule has 19 heavy (non-hydrogen) atoms. The van der Waals surface area contributed by atoms with Crippen molar-refractivity contribution in [1.82, 2.24) is 0 Å². The third kappa shape index (κ3) is 6.81. The van der Waals surface area contributed by atoms with Gasteiger partial charge < -0.3 is 0 Å². The predicted molar refractivity (Wildman–Crippen MR) is 84.1 cm³/mol. The van der Waals surface area contributed by atoms with Crippen LogP contribution in [0.15, 0.2) is 46.0 Å². The molecule has 0 nitrogen and oxygen atoms in total. The van der Waals surface area contributed by atoms with E-state index in [1.165, 1.54) is 12.8 Å². The lowest BCUT2D eigenvalue weighted by molar-refractivity contribution is 0.558. The minimum absolute atomic E-state index is 0.104. The second kappa shape index (κ2) is 10.1. The monoisotopic (exact) mass is 280 g/mol. The number of thioether (sulfide) groups is 1. The zero-order chi connectivity index (χ0) is 13.9. The van der Waals surface area contributed by atoms with Crippen LogP contribution in [0.4, 0.5) is 4.39 Å². The topological polar surface area (TPSA) is 0 Å². The van der Waals surface area contributed by atoms with Crippen molar-refractivity contribution < 1.29 is 4.39 Å². The number of allylic oxidation sites excluding steroid dienone is 2. The van der Waals surface area contributed by atoms with Gasteiger partial charge >= 0.3 is 0 Å². The van der Waals surface area contributed by atoms with E-state index in [1.54, 1.807) is 11.8 Å². The van der Waals surface area contributed by atoms with E-state index in [9.17, 15) is 4.39 Å². The summed E-state index contributed by atoms with van der Waals surface area (Å²) in [6.07, 6.45) is 6.91. The van der Waals surface area contributed by atoms with Gasteiger partial charge in [-0.2, -0.15) is 0 Å². The smallest absolute Gasteiger partial charge is 0.110 e. The Bertz CT molecular complexity index is 370. The van der Waals surface area contributed by atoms with Gasteiger partial charge in [-0.05, 0) is 37.8 Å². The molecule has 106 valence electrons. The van der Waals surface area contributed by atoms with E-state index < -0.39 is 0 Å². The fraction of sp³-hybridized carbons (Fsp3) is 0.529. The first kappa shape index (κ1) is 16.3. The lowest BCUT2D eigenvalue weighted by Gasteiger charge is -2.09. The molecule has 0 unspecified atom stereocenters. The number of unbranched alkanes of at least 4 members (excludes halogenated alkanes) is 3. The van der Waals surface area contributed by atoms with Gasteiger partial charge in [-0.3, -0.25) is 0 Å². The molecule has 0 atom stereocenters. The molecule has 0 saturated heterocycles. The Morgan fingerprint density at radius 3 is 2.26 bits per heavy atom. The van der Waals surface area contributed by atoms with Crippen LogP contribution >= 0.6 is 11.8 Å². The summed E-state index contributed by atoms with van der Waals surface area (Å²) in [4.78, 5) is 2.08. The molecule has 0 aliphatic carbocycles. The molecule has 0 spiro atoms. The maximum absolute atomic E-state index is 14.2. The van der Waals surface area contributed by atoms with Crippen molar-refractivity contribution >= 4 is 11.8 Å². The van der Waals surface area contributed by atoms with Crippen LogP contribution in [0.2, 0.25) is 0 Å². The molecule has 1 aromatic carbocycles. The standard InChI is InChI=1S/C17H25FS/c1-3-5-8-14-17(16(18)13-6-4-2)19-15-11-9-7-10-12-15/h7,9-12H,3-6,8,13-14H2,1-2H3/b17-16-. The van der Waals surface area contributed by atoms with Crippen molar-refractivity contribution in [3.8, 4) is 0 Å².